The highest BCUT2D eigenvalue weighted by atomic mass is 32.2. The maximum atomic E-state index is 13.0. The van der Waals surface area contributed by atoms with E-state index in [0.717, 1.165) is 31.4 Å². The van der Waals surface area contributed by atoms with Crippen LogP contribution < -0.4 is 14.9 Å². The van der Waals surface area contributed by atoms with Gasteiger partial charge in [0.05, 0.1) is 10.8 Å². The molecule has 2 unspecified atom stereocenters. The molecule has 2 N–H and O–H groups in total. The van der Waals surface area contributed by atoms with Crippen LogP contribution in [0.25, 0.3) is 11.5 Å². The summed E-state index contributed by atoms with van der Waals surface area (Å²) in [5, 5.41) is 8.02. The Morgan fingerprint density at radius 2 is 1.89 bits per heavy atom. The zero-order valence-corrected chi connectivity index (χ0v) is 24.1. The molecule has 1 aliphatic heterocycles. The fourth-order valence-corrected chi connectivity index (χ4v) is 5.97. The maximum Gasteiger partial charge on any atom is 0.248 e. The summed E-state index contributed by atoms with van der Waals surface area (Å²) < 4.78 is 33.5. The number of hydrogen-bond acceptors (Lipinski definition) is 8. The molecule has 3 aromatic rings. The van der Waals surface area contributed by atoms with Crippen molar-refractivity contribution in [3.8, 4) is 11.5 Å². The minimum absolute atomic E-state index is 0.282. The quantitative estimate of drug-likeness (QED) is 0.392. The lowest BCUT2D eigenvalue weighted by Crippen LogP contribution is -2.36. The van der Waals surface area contributed by atoms with Crippen LogP contribution in [0.4, 0.5) is 11.6 Å². The lowest BCUT2D eigenvalue weighted by Gasteiger charge is -2.31. The zero-order chi connectivity index (χ0) is 27.7. The van der Waals surface area contributed by atoms with Crippen molar-refractivity contribution < 1.29 is 12.8 Å². The molecule has 4 rings (SSSR count). The van der Waals surface area contributed by atoms with E-state index in [0.29, 0.717) is 41.5 Å². The van der Waals surface area contributed by atoms with Crippen molar-refractivity contribution in [2.75, 3.05) is 22.8 Å². The maximum absolute atomic E-state index is 13.0. The highest BCUT2D eigenvalue weighted by Crippen LogP contribution is 2.35. The molecule has 1 aromatic carbocycles. The van der Waals surface area contributed by atoms with Gasteiger partial charge in [0.25, 0.3) is 0 Å². The first-order valence-electron chi connectivity index (χ1n) is 13.4. The molecule has 206 valence electrons. The monoisotopic (exact) mass is 540 g/mol. The van der Waals surface area contributed by atoms with E-state index in [9.17, 15) is 8.42 Å². The van der Waals surface area contributed by atoms with Crippen LogP contribution >= 0.6 is 0 Å². The summed E-state index contributed by atoms with van der Waals surface area (Å²) in [7, 11) is -2.05. The van der Waals surface area contributed by atoms with Crippen molar-refractivity contribution in [2.45, 2.75) is 77.1 Å². The number of pyridine rings is 1. The largest absolute Gasteiger partial charge is 0.419 e. The van der Waals surface area contributed by atoms with Gasteiger partial charge in [0.2, 0.25) is 21.8 Å². The zero-order valence-electron chi connectivity index (χ0n) is 23.3. The lowest BCUT2D eigenvalue weighted by molar-refractivity contribution is 0.355. The standard InChI is InChI=1S/C28H40N6O3S/c1-7-20(4)23-14-11-15-34(23)25-17-22(16-24(30-25)33(6)38(35,36)19(2)3)26-31-32-27(37-26)28(5,29)18-21-12-9-8-10-13-21/h8-10,12-13,16-17,19-20,23H,7,11,14-15,18,29H2,1-6H3/t20?,23?,28-/m1/s1. The summed E-state index contributed by atoms with van der Waals surface area (Å²) in [5.41, 5.74) is 7.42. The first kappa shape index (κ1) is 28.0. The van der Waals surface area contributed by atoms with Crippen molar-refractivity contribution in [3.63, 3.8) is 0 Å². The van der Waals surface area contributed by atoms with E-state index < -0.39 is 20.8 Å². The first-order chi connectivity index (χ1) is 17.9. The van der Waals surface area contributed by atoms with E-state index in [1.807, 2.05) is 43.3 Å². The summed E-state index contributed by atoms with van der Waals surface area (Å²) in [5.74, 6) is 2.11. The lowest BCUT2D eigenvalue weighted by atomic mass is 9.94. The van der Waals surface area contributed by atoms with Gasteiger partial charge in [-0.15, -0.1) is 10.2 Å². The molecule has 3 heterocycles. The first-order valence-corrected chi connectivity index (χ1v) is 14.9. The second-order valence-corrected chi connectivity index (χ2v) is 13.4. The molecular weight excluding hydrogens is 500 g/mol. The molecule has 3 atom stereocenters. The normalized spacial score (nSPS) is 18.5. The van der Waals surface area contributed by atoms with Crippen molar-refractivity contribution in [1.82, 2.24) is 15.2 Å². The number of benzene rings is 1. The van der Waals surface area contributed by atoms with Crippen LogP contribution in [0.3, 0.4) is 0 Å². The fraction of sp³-hybridized carbons (Fsp3) is 0.536. The average molecular weight is 541 g/mol. The van der Waals surface area contributed by atoms with Crippen LogP contribution in [0.15, 0.2) is 46.9 Å². The molecule has 9 nitrogen and oxygen atoms in total. The van der Waals surface area contributed by atoms with Crippen LogP contribution in [0.5, 0.6) is 0 Å². The predicted molar refractivity (Wildman–Crippen MR) is 151 cm³/mol. The van der Waals surface area contributed by atoms with E-state index in [2.05, 4.69) is 28.9 Å². The van der Waals surface area contributed by atoms with Crippen molar-refractivity contribution >= 4 is 21.7 Å². The topological polar surface area (TPSA) is 118 Å². The molecule has 0 bridgehead atoms. The second-order valence-electron chi connectivity index (χ2n) is 10.9. The van der Waals surface area contributed by atoms with Crippen LogP contribution in [0.1, 0.15) is 65.3 Å². The minimum Gasteiger partial charge on any atom is -0.419 e. The Balaban J connectivity index is 1.75. The minimum atomic E-state index is -3.59. The number of sulfonamides is 1. The van der Waals surface area contributed by atoms with Crippen LogP contribution in [-0.4, -0.2) is 48.5 Å². The summed E-state index contributed by atoms with van der Waals surface area (Å²) in [6.07, 6.45) is 3.72. The third-order valence-corrected chi connectivity index (χ3v) is 9.71. The Hall–Kier alpha value is -2.98. The Kier molecular flexibility index (Phi) is 8.13. The third-order valence-electron chi connectivity index (χ3n) is 7.57. The summed E-state index contributed by atoms with van der Waals surface area (Å²) in [4.78, 5) is 7.11. The molecule has 0 saturated carbocycles. The van der Waals surface area contributed by atoms with Gasteiger partial charge in [0.15, 0.2) is 0 Å². The summed E-state index contributed by atoms with van der Waals surface area (Å²) >= 11 is 0. The summed E-state index contributed by atoms with van der Waals surface area (Å²) in [6.45, 7) is 10.5. The van der Waals surface area contributed by atoms with Gasteiger partial charge in [-0.25, -0.2) is 13.4 Å². The molecule has 0 amide bonds. The van der Waals surface area contributed by atoms with Gasteiger partial charge in [-0.1, -0.05) is 50.6 Å². The van der Waals surface area contributed by atoms with Gasteiger partial charge in [0.1, 0.15) is 11.6 Å². The second kappa shape index (κ2) is 11.0. The van der Waals surface area contributed by atoms with Crippen LogP contribution in [-0.2, 0) is 22.0 Å². The molecule has 10 heteroatoms. The smallest absolute Gasteiger partial charge is 0.248 e. The molecule has 1 saturated heterocycles. The highest BCUT2D eigenvalue weighted by Gasteiger charge is 2.33. The number of aromatic nitrogens is 3. The van der Waals surface area contributed by atoms with E-state index >= 15 is 0 Å². The van der Waals surface area contributed by atoms with Gasteiger partial charge in [-0.3, -0.25) is 4.31 Å². The summed E-state index contributed by atoms with van der Waals surface area (Å²) in [6, 6.07) is 13.9. The molecule has 1 fully saturated rings. The average Bonchev–Trinajstić information content (AvgIpc) is 3.59. The van der Waals surface area contributed by atoms with Gasteiger partial charge in [0, 0.05) is 25.2 Å². The number of nitrogens with zero attached hydrogens (tertiary/aromatic N) is 5. The number of rotatable bonds is 10. The van der Waals surface area contributed by atoms with Gasteiger partial charge < -0.3 is 15.1 Å². The van der Waals surface area contributed by atoms with Crippen LogP contribution in [0, 0.1) is 5.92 Å². The number of hydrogen-bond donors (Lipinski definition) is 1. The van der Waals surface area contributed by atoms with Crippen molar-refractivity contribution in [2.24, 2.45) is 11.7 Å². The van der Waals surface area contributed by atoms with Crippen molar-refractivity contribution in [1.29, 1.82) is 0 Å². The molecule has 0 spiro atoms. The number of anilines is 2. The molecule has 0 radical (unpaired) electrons. The fourth-order valence-electron chi connectivity index (χ4n) is 4.99. The van der Waals surface area contributed by atoms with E-state index in [-0.39, 0.29) is 5.89 Å². The highest BCUT2D eigenvalue weighted by molar-refractivity contribution is 7.93. The SMILES string of the molecule is CCC(C)C1CCCN1c1cc(-c2nnc([C@](C)(N)Cc3ccccc3)o2)cc(N(C)S(=O)(=O)C(C)C)n1. The van der Waals surface area contributed by atoms with E-state index in [1.165, 1.54) is 11.4 Å². The third kappa shape index (κ3) is 5.71. The Labute approximate surface area is 226 Å². The Bertz CT molecular complexity index is 1340. The molecule has 1 aliphatic rings. The Morgan fingerprint density at radius 3 is 2.55 bits per heavy atom. The number of nitrogens with two attached hydrogens (primary N) is 1. The Morgan fingerprint density at radius 1 is 1.18 bits per heavy atom. The predicted octanol–water partition coefficient (Wildman–Crippen LogP) is 4.74. The van der Waals surface area contributed by atoms with Gasteiger partial charge in [-0.2, -0.15) is 0 Å². The van der Waals surface area contributed by atoms with E-state index in [1.54, 1.807) is 19.9 Å². The van der Waals surface area contributed by atoms with Gasteiger partial charge >= 0.3 is 0 Å². The van der Waals surface area contributed by atoms with Crippen molar-refractivity contribution in [3.05, 3.63) is 53.9 Å². The molecule has 0 aliphatic carbocycles. The molecule has 38 heavy (non-hydrogen) atoms. The van der Waals surface area contributed by atoms with Gasteiger partial charge in [-0.05, 0) is 63.6 Å². The molecule has 2 aromatic heterocycles. The molecular formula is C28H40N6O3S. The van der Waals surface area contributed by atoms with Crippen LogP contribution in [0.2, 0.25) is 0 Å². The van der Waals surface area contributed by atoms with E-state index in [4.69, 9.17) is 15.1 Å².